The fourth-order valence-corrected chi connectivity index (χ4v) is 1.33. The minimum atomic E-state index is -0.0709. The fraction of sp³-hybridized carbons (Fsp3) is 0.0833. The zero-order valence-electron chi connectivity index (χ0n) is 8.63. The van der Waals surface area contributed by atoms with Gasteiger partial charge < -0.3 is 15.6 Å². The van der Waals surface area contributed by atoms with E-state index in [-0.39, 0.29) is 6.61 Å². The van der Waals surface area contributed by atoms with Gasteiger partial charge >= 0.3 is 0 Å². The lowest BCUT2D eigenvalue weighted by molar-refractivity contribution is 0.276. The highest BCUT2D eigenvalue weighted by Crippen LogP contribution is 2.24. The largest absolute Gasteiger partial charge is 0.439 e. The molecule has 0 saturated heterocycles. The van der Waals surface area contributed by atoms with E-state index in [2.05, 4.69) is 4.98 Å². The van der Waals surface area contributed by atoms with Gasteiger partial charge in [0.1, 0.15) is 5.75 Å². The van der Waals surface area contributed by atoms with Gasteiger partial charge in [0.2, 0.25) is 5.88 Å². The molecule has 0 unspecified atom stereocenters. The number of aromatic nitrogens is 1. The monoisotopic (exact) mass is 216 g/mol. The van der Waals surface area contributed by atoms with Crippen LogP contribution in [0.3, 0.4) is 0 Å². The van der Waals surface area contributed by atoms with Crippen LogP contribution in [-0.4, -0.2) is 10.1 Å². The lowest BCUT2D eigenvalue weighted by Crippen LogP contribution is -1.94. The van der Waals surface area contributed by atoms with Crippen LogP contribution >= 0.6 is 0 Å². The first-order chi connectivity index (χ1) is 7.79. The molecule has 1 aromatic carbocycles. The van der Waals surface area contributed by atoms with Crippen LogP contribution < -0.4 is 10.5 Å². The number of nitrogens with two attached hydrogens (primary N) is 1. The number of aliphatic hydroxyl groups is 1. The first-order valence-electron chi connectivity index (χ1n) is 4.88. The van der Waals surface area contributed by atoms with Gasteiger partial charge in [-0.3, -0.25) is 0 Å². The molecule has 0 spiro atoms. The summed E-state index contributed by atoms with van der Waals surface area (Å²) in [6, 6.07) is 10.6. The topological polar surface area (TPSA) is 68.4 Å². The predicted octanol–water partition coefficient (Wildman–Crippen LogP) is 1.95. The van der Waals surface area contributed by atoms with Crippen molar-refractivity contribution in [3.8, 4) is 11.6 Å². The molecule has 82 valence electrons. The van der Waals surface area contributed by atoms with Gasteiger partial charge in [0.05, 0.1) is 6.61 Å². The third kappa shape index (κ3) is 2.29. The standard InChI is InChI=1S/C12H12N2O2/c13-10-5-6-14-12(7-10)16-11-4-2-1-3-9(11)8-15/h1-7,15H,8H2,(H2,13,14). The molecule has 1 aromatic heterocycles. The van der Waals surface area contributed by atoms with Gasteiger partial charge in [-0.2, -0.15) is 0 Å². The molecule has 0 bridgehead atoms. The Morgan fingerprint density at radius 3 is 2.81 bits per heavy atom. The summed E-state index contributed by atoms with van der Waals surface area (Å²) in [5.41, 5.74) is 6.92. The van der Waals surface area contributed by atoms with E-state index < -0.39 is 0 Å². The Labute approximate surface area is 93.3 Å². The number of pyridine rings is 1. The minimum absolute atomic E-state index is 0.0709. The maximum Gasteiger partial charge on any atom is 0.221 e. The van der Waals surface area contributed by atoms with E-state index in [0.29, 0.717) is 22.9 Å². The Balaban J connectivity index is 2.26. The summed E-state index contributed by atoms with van der Waals surface area (Å²) in [6.07, 6.45) is 1.58. The number of ether oxygens (including phenoxy) is 1. The molecular weight excluding hydrogens is 204 g/mol. The number of nitrogens with zero attached hydrogens (tertiary/aromatic N) is 1. The van der Waals surface area contributed by atoms with Crippen molar-refractivity contribution in [2.75, 3.05) is 5.73 Å². The molecule has 0 aliphatic heterocycles. The SMILES string of the molecule is Nc1ccnc(Oc2ccccc2CO)c1. The molecule has 2 aromatic rings. The second-order valence-electron chi connectivity index (χ2n) is 3.30. The summed E-state index contributed by atoms with van der Waals surface area (Å²) < 4.78 is 5.53. The zero-order chi connectivity index (χ0) is 11.4. The van der Waals surface area contributed by atoms with Crippen molar-refractivity contribution in [2.24, 2.45) is 0 Å². The van der Waals surface area contributed by atoms with Crippen molar-refractivity contribution in [2.45, 2.75) is 6.61 Å². The molecule has 0 fully saturated rings. The number of anilines is 1. The summed E-state index contributed by atoms with van der Waals surface area (Å²) in [4.78, 5) is 4.03. The molecule has 3 N–H and O–H groups in total. The van der Waals surface area contributed by atoms with Crippen molar-refractivity contribution < 1.29 is 9.84 Å². The van der Waals surface area contributed by atoms with Crippen LogP contribution in [0.5, 0.6) is 11.6 Å². The van der Waals surface area contributed by atoms with Gasteiger partial charge in [-0.1, -0.05) is 18.2 Å². The molecule has 0 radical (unpaired) electrons. The second kappa shape index (κ2) is 4.63. The number of aliphatic hydroxyl groups excluding tert-OH is 1. The number of rotatable bonds is 3. The van der Waals surface area contributed by atoms with E-state index >= 15 is 0 Å². The van der Waals surface area contributed by atoms with Gasteiger partial charge in [-0.15, -0.1) is 0 Å². The average molecular weight is 216 g/mol. The lowest BCUT2D eigenvalue weighted by Gasteiger charge is -2.08. The third-order valence-electron chi connectivity index (χ3n) is 2.12. The fourth-order valence-electron chi connectivity index (χ4n) is 1.33. The molecule has 0 aliphatic carbocycles. The third-order valence-corrected chi connectivity index (χ3v) is 2.12. The van der Waals surface area contributed by atoms with E-state index in [4.69, 9.17) is 15.6 Å². The van der Waals surface area contributed by atoms with Gasteiger partial charge in [0.25, 0.3) is 0 Å². The molecule has 0 saturated carbocycles. The van der Waals surface area contributed by atoms with Crippen LogP contribution in [0, 0.1) is 0 Å². The maximum absolute atomic E-state index is 9.13. The zero-order valence-corrected chi connectivity index (χ0v) is 8.63. The molecule has 2 rings (SSSR count). The maximum atomic E-state index is 9.13. The smallest absolute Gasteiger partial charge is 0.221 e. The van der Waals surface area contributed by atoms with Crippen LogP contribution in [0.4, 0.5) is 5.69 Å². The number of nitrogen functional groups attached to an aromatic ring is 1. The number of para-hydroxylation sites is 1. The molecule has 0 atom stereocenters. The van der Waals surface area contributed by atoms with E-state index in [9.17, 15) is 0 Å². The number of hydrogen-bond acceptors (Lipinski definition) is 4. The predicted molar refractivity (Wildman–Crippen MR) is 61.1 cm³/mol. The van der Waals surface area contributed by atoms with Crippen LogP contribution in [0.25, 0.3) is 0 Å². The molecule has 16 heavy (non-hydrogen) atoms. The Morgan fingerprint density at radius 1 is 1.25 bits per heavy atom. The van der Waals surface area contributed by atoms with Crippen molar-refractivity contribution in [1.29, 1.82) is 0 Å². The minimum Gasteiger partial charge on any atom is -0.439 e. The summed E-state index contributed by atoms with van der Waals surface area (Å²) in [5.74, 6) is 1.00. The van der Waals surface area contributed by atoms with Gasteiger partial charge in [-0.25, -0.2) is 4.98 Å². The normalized spacial score (nSPS) is 10.1. The molecular formula is C12H12N2O2. The highest BCUT2D eigenvalue weighted by atomic mass is 16.5. The van der Waals surface area contributed by atoms with Gasteiger partial charge in [0.15, 0.2) is 0 Å². The quantitative estimate of drug-likeness (QED) is 0.822. The van der Waals surface area contributed by atoms with E-state index in [0.717, 1.165) is 0 Å². The average Bonchev–Trinajstić information content (AvgIpc) is 2.30. The summed E-state index contributed by atoms with van der Waals surface area (Å²) >= 11 is 0. The highest BCUT2D eigenvalue weighted by Gasteiger charge is 2.03. The summed E-state index contributed by atoms with van der Waals surface area (Å²) in [5, 5.41) is 9.13. The van der Waals surface area contributed by atoms with Crippen LogP contribution in [0.2, 0.25) is 0 Å². The highest BCUT2D eigenvalue weighted by molar-refractivity contribution is 5.42. The van der Waals surface area contributed by atoms with Crippen molar-refractivity contribution in [1.82, 2.24) is 4.98 Å². The first kappa shape index (κ1) is 10.4. The number of hydrogen-bond donors (Lipinski definition) is 2. The summed E-state index contributed by atoms with van der Waals surface area (Å²) in [6.45, 7) is -0.0709. The van der Waals surface area contributed by atoms with E-state index in [1.54, 1.807) is 30.5 Å². The molecule has 0 amide bonds. The Kier molecular flexibility index (Phi) is 3.03. The van der Waals surface area contributed by atoms with Crippen LogP contribution in [0.1, 0.15) is 5.56 Å². The van der Waals surface area contributed by atoms with Gasteiger partial charge in [-0.05, 0) is 12.1 Å². The lowest BCUT2D eigenvalue weighted by atomic mass is 10.2. The van der Waals surface area contributed by atoms with Gasteiger partial charge in [0, 0.05) is 23.5 Å². The Hall–Kier alpha value is -2.07. The van der Waals surface area contributed by atoms with Crippen molar-refractivity contribution in [3.63, 3.8) is 0 Å². The second-order valence-corrected chi connectivity index (χ2v) is 3.30. The first-order valence-corrected chi connectivity index (χ1v) is 4.88. The summed E-state index contributed by atoms with van der Waals surface area (Å²) in [7, 11) is 0. The Morgan fingerprint density at radius 2 is 2.06 bits per heavy atom. The van der Waals surface area contributed by atoms with Crippen molar-refractivity contribution >= 4 is 5.69 Å². The van der Waals surface area contributed by atoms with Crippen LogP contribution in [0.15, 0.2) is 42.6 Å². The molecule has 0 aliphatic rings. The number of benzene rings is 1. The van der Waals surface area contributed by atoms with E-state index in [1.807, 2.05) is 12.1 Å². The van der Waals surface area contributed by atoms with Crippen LogP contribution in [-0.2, 0) is 6.61 Å². The van der Waals surface area contributed by atoms with Crippen molar-refractivity contribution in [3.05, 3.63) is 48.2 Å². The Bertz CT molecular complexity index is 486. The molecule has 4 nitrogen and oxygen atoms in total. The van der Waals surface area contributed by atoms with E-state index in [1.165, 1.54) is 0 Å². The molecule has 1 heterocycles. The molecule has 4 heteroatoms.